The van der Waals surface area contributed by atoms with Crippen LogP contribution in [0, 0.1) is 5.82 Å². The van der Waals surface area contributed by atoms with Crippen LogP contribution in [0.1, 0.15) is 10.4 Å². The third-order valence-electron chi connectivity index (χ3n) is 1.71. The molecular weight excluding hydrogens is 171 g/mol. The summed E-state index contributed by atoms with van der Waals surface area (Å²) in [7, 11) is 0. The molecule has 0 spiro atoms. The van der Waals surface area contributed by atoms with Gasteiger partial charge in [-0.1, -0.05) is 0 Å². The second-order valence-corrected chi connectivity index (χ2v) is 2.54. The largest absolute Gasteiger partial charge is 0.298 e. The summed E-state index contributed by atoms with van der Waals surface area (Å²) in [6, 6.07) is 2.58. The molecule has 64 valence electrons. The molecule has 0 N–H and O–H groups in total. The van der Waals surface area contributed by atoms with Crippen LogP contribution in [0.2, 0.25) is 0 Å². The molecular formula is C9H5FN2O. The van der Waals surface area contributed by atoms with E-state index in [0.29, 0.717) is 17.3 Å². The number of halogens is 1. The molecule has 0 radical (unpaired) electrons. The molecule has 0 atom stereocenters. The van der Waals surface area contributed by atoms with E-state index in [1.807, 2.05) is 0 Å². The Morgan fingerprint density at radius 3 is 2.38 bits per heavy atom. The van der Waals surface area contributed by atoms with E-state index in [1.165, 1.54) is 24.5 Å². The van der Waals surface area contributed by atoms with E-state index in [4.69, 9.17) is 0 Å². The number of fused-ring (bicyclic) bond motifs is 1. The molecule has 13 heavy (non-hydrogen) atoms. The van der Waals surface area contributed by atoms with E-state index >= 15 is 0 Å². The zero-order valence-electron chi connectivity index (χ0n) is 6.57. The lowest BCUT2D eigenvalue weighted by Crippen LogP contribution is -1.90. The van der Waals surface area contributed by atoms with Crippen molar-refractivity contribution in [1.82, 2.24) is 9.97 Å². The zero-order valence-corrected chi connectivity index (χ0v) is 6.57. The average molecular weight is 176 g/mol. The van der Waals surface area contributed by atoms with Gasteiger partial charge in [0.25, 0.3) is 0 Å². The Bertz CT molecular complexity index is 470. The van der Waals surface area contributed by atoms with Gasteiger partial charge >= 0.3 is 0 Å². The third-order valence-corrected chi connectivity index (χ3v) is 1.71. The van der Waals surface area contributed by atoms with Crippen molar-refractivity contribution in [1.29, 1.82) is 0 Å². The molecule has 0 aliphatic rings. The van der Waals surface area contributed by atoms with Gasteiger partial charge in [0.05, 0.1) is 16.6 Å². The van der Waals surface area contributed by atoms with Crippen molar-refractivity contribution in [2.45, 2.75) is 0 Å². The summed E-state index contributed by atoms with van der Waals surface area (Å²) in [5, 5.41) is 0. The smallest absolute Gasteiger partial charge is 0.153 e. The lowest BCUT2D eigenvalue weighted by atomic mass is 10.2. The lowest BCUT2D eigenvalue weighted by Gasteiger charge is -1.97. The summed E-state index contributed by atoms with van der Waals surface area (Å²) >= 11 is 0. The number of aromatic nitrogens is 2. The minimum Gasteiger partial charge on any atom is -0.298 e. The Hall–Kier alpha value is -1.84. The van der Waals surface area contributed by atoms with Crippen molar-refractivity contribution in [3.63, 3.8) is 0 Å². The van der Waals surface area contributed by atoms with Gasteiger partial charge in [0, 0.05) is 18.5 Å². The third kappa shape index (κ3) is 1.26. The molecule has 0 saturated heterocycles. The second kappa shape index (κ2) is 2.90. The van der Waals surface area contributed by atoms with Crippen LogP contribution in [-0.2, 0) is 0 Å². The van der Waals surface area contributed by atoms with Gasteiger partial charge in [-0.25, -0.2) is 4.39 Å². The van der Waals surface area contributed by atoms with Gasteiger partial charge in [-0.05, 0) is 6.07 Å². The Morgan fingerprint density at radius 2 is 1.77 bits per heavy atom. The standard InChI is InChI=1S/C9H5FN2O/c10-7-4-9-8(3-6(7)5-13)11-1-2-12-9/h1-5H. The first kappa shape index (κ1) is 7.79. The van der Waals surface area contributed by atoms with Gasteiger partial charge in [-0.2, -0.15) is 0 Å². The number of carbonyl (C=O) groups excluding carboxylic acids is 1. The summed E-state index contributed by atoms with van der Waals surface area (Å²) in [6.45, 7) is 0. The fourth-order valence-corrected chi connectivity index (χ4v) is 1.09. The fraction of sp³-hybridized carbons (Fsp3) is 0. The Kier molecular flexibility index (Phi) is 1.73. The average Bonchev–Trinajstić information content (AvgIpc) is 2.17. The minimum absolute atomic E-state index is 0.00741. The van der Waals surface area contributed by atoms with E-state index < -0.39 is 5.82 Å². The summed E-state index contributed by atoms with van der Waals surface area (Å²) in [5.74, 6) is -0.567. The Labute approximate surface area is 73.2 Å². The number of benzene rings is 1. The lowest BCUT2D eigenvalue weighted by molar-refractivity contribution is 0.112. The normalized spacial score (nSPS) is 10.2. The van der Waals surface area contributed by atoms with Gasteiger partial charge < -0.3 is 0 Å². The molecule has 0 aliphatic carbocycles. The van der Waals surface area contributed by atoms with Crippen LogP contribution in [0.5, 0.6) is 0 Å². The number of nitrogens with zero attached hydrogens (tertiary/aromatic N) is 2. The second-order valence-electron chi connectivity index (χ2n) is 2.54. The SMILES string of the molecule is O=Cc1cc2nccnc2cc1F. The molecule has 0 bridgehead atoms. The summed E-state index contributed by atoms with van der Waals surface area (Å²) in [4.78, 5) is 18.2. The van der Waals surface area contributed by atoms with Crippen LogP contribution in [-0.4, -0.2) is 16.3 Å². The highest BCUT2D eigenvalue weighted by atomic mass is 19.1. The maximum atomic E-state index is 13.0. The zero-order chi connectivity index (χ0) is 9.26. The van der Waals surface area contributed by atoms with E-state index in [-0.39, 0.29) is 5.56 Å². The van der Waals surface area contributed by atoms with Crippen molar-refractivity contribution in [2.24, 2.45) is 0 Å². The highest BCUT2D eigenvalue weighted by Gasteiger charge is 2.04. The van der Waals surface area contributed by atoms with Gasteiger partial charge in [-0.3, -0.25) is 14.8 Å². The van der Waals surface area contributed by atoms with Gasteiger partial charge in [-0.15, -0.1) is 0 Å². The van der Waals surface area contributed by atoms with Crippen LogP contribution in [0.15, 0.2) is 24.5 Å². The molecule has 0 fully saturated rings. The first-order chi connectivity index (χ1) is 6.31. The van der Waals surface area contributed by atoms with Crippen molar-refractivity contribution in [3.8, 4) is 0 Å². The van der Waals surface area contributed by atoms with Crippen molar-refractivity contribution < 1.29 is 9.18 Å². The van der Waals surface area contributed by atoms with E-state index in [9.17, 15) is 9.18 Å². The van der Waals surface area contributed by atoms with Crippen LogP contribution in [0.3, 0.4) is 0 Å². The van der Waals surface area contributed by atoms with E-state index in [1.54, 1.807) is 0 Å². The number of carbonyl (C=O) groups is 1. The van der Waals surface area contributed by atoms with Crippen molar-refractivity contribution in [3.05, 3.63) is 35.9 Å². The highest BCUT2D eigenvalue weighted by molar-refractivity contribution is 5.84. The monoisotopic (exact) mass is 176 g/mol. The first-order valence-electron chi connectivity index (χ1n) is 3.67. The van der Waals surface area contributed by atoms with Crippen LogP contribution < -0.4 is 0 Å². The molecule has 3 nitrogen and oxygen atoms in total. The molecule has 2 rings (SSSR count). The van der Waals surface area contributed by atoms with E-state index in [0.717, 1.165) is 0 Å². The molecule has 1 aromatic heterocycles. The quantitative estimate of drug-likeness (QED) is 0.619. The molecule has 2 aromatic rings. The molecule has 4 heteroatoms. The predicted octanol–water partition coefficient (Wildman–Crippen LogP) is 1.58. The topological polar surface area (TPSA) is 42.9 Å². The number of hydrogen-bond acceptors (Lipinski definition) is 3. The maximum absolute atomic E-state index is 13.0. The maximum Gasteiger partial charge on any atom is 0.153 e. The molecule has 0 saturated carbocycles. The molecule has 0 unspecified atom stereocenters. The van der Waals surface area contributed by atoms with Crippen LogP contribution >= 0.6 is 0 Å². The van der Waals surface area contributed by atoms with Crippen molar-refractivity contribution >= 4 is 17.3 Å². The molecule has 0 aliphatic heterocycles. The number of rotatable bonds is 1. The van der Waals surface area contributed by atoms with Gasteiger partial charge in [0.15, 0.2) is 6.29 Å². The van der Waals surface area contributed by atoms with Crippen LogP contribution in [0.4, 0.5) is 4.39 Å². The van der Waals surface area contributed by atoms with Gasteiger partial charge in [0.2, 0.25) is 0 Å². The highest BCUT2D eigenvalue weighted by Crippen LogP contribution is 2.13. The number of aldehydes is 1. The Morgan fingerprint density at radius 1 is 1.15 bits per heavy atom. The van der Waals surface area contributed by atoms with Crippen molar-refractivity contribution in [2.75, 3.05) is 0 Å². The first-order valence-corrected chi connectivity index (χ1v) is 3.67. The summed E-state index contributed by atoms with van der Waals surface area (Å²) < 4.78 is 13.0. The van der Waals surface area contributed by atoms with E-state index in [2.05, 4.69) is 9.97 Å². The predicted molar refractivity (Wildman–Crippen MR) is 44.9 cm³/mol. The van der Waals surface area contributed by atoms with Gasteiger partial charge in [0.1, 0.15) is 5.82 Å². The summed E-state index contributed by atoms with van der Waals surface area (Å²) in [5.41, 5.74) is 0.976. The fourth-order valence-electron chi connectivity index (χ4n) is 1.09. The number of hydrogen-bond donors (Lipinski definition) is 0. The molecule has 0 amide bonds. The molecule has 1 aromatic carbocycles. The summed E-state index contributed by atoms with van der Waals surface area (Å²) in [6.07, 6.45) is 3.43. The Balaban J connectivity index is 2.81. The van der Waals surface area contributed by atoms with Crippen LogP contribution in [0.25, 0.3) is 11.0 Å². The minimum atomic E-state index is -0.567. The molecule has 1 heterocycles.